The third-order valence-electron chi connectivity index (χ3n) is 6.26. The number of hydrogen-bond donors (Lipinski definition) is 2. The van der Waals surface area contributed by atoms with Crippen molar-refractivity contribution in [2.45, 2.75) is 6.54 Å². The largest absolute Gasteiger partial charge is 0.378 e. The summed E-state index contributed by atoms with van der Waals surface area (Å²) < 4.78 is 18.7. The Bertz CT molecular complexity index is 1460. The van der Waals surface area contributed by atoms with Gasteiger partial charge in [-0.15, -0.1) is 0 Å². The maximum atomic E-state index is 13.3. The zero-order valence-corrected chi connectivity index (χ0v) is 19.6. The van der Waals surface area contributed by atoms with Gasteiger partial charge in [0, 0.05) is 25.0 Å². The van der Waals surface area contributed by atoms with Crippen LogP contribution in [0.1, 0.15) is 26.3 Å². The molecule has 6 rings (SSSR count). The molecule has 11 heteroatoms. The zero-order valence-electron chi connectivity index (χ0n) is 19.6. The number of rotatable bonds is 6. The number of carbonyl (C=O) groups excluding carboxylic acids is 2. The highest BCUT2D eigenvalue weighted by molar-refractivity contribution is 6.25. The fourth-order valence-electron chi connectivity index (χ4n) is 4.41. The molecule has 186 valence electrons. The van der Waals surface area contributed by atoms with E-state index < -0.39 is 11.8 Å². The molecule has 2 aliphatic rings. The summed E-state index contributed by atoms with van der Waals surface area (Å²) in [7, 11) is 0. The average Bonchev–Trinajstić information content (AvgIpc) is 2.94. The van der Waals surface area contributed by atoms with Crippen LogP contribution in [0.5, 0.6) is 0 Å². The Hall–Kier alpha value is -4.64. The van der Waals surface area contributed by atoms with Crippen molar-refractivity contribution < 1.29 is 18.7 Å². The van der Waals surface area contributed by atoms with Crippen LogP contribution in [0.4, 0.5) is 22.2 Å². The maximum absolute atomic E-state index is 13.3. The van der Waals surface area contributed by atoms with Gasteiger partial charge in [-0.2, -0.15) is 20.0 Å². The summed E-state index contributed by atoms with van der Waals surface area (Å²) >= 11 is 0. The van der Waals surface area contributed by atoms with Gasteiger partial charge in [-0.3, -0.25) is 15.0 Å². The highest BCUT2D eigenvalue weighted by Crippen LogP contribution is 2.30. The smallest absolute Gasteiger partial charge is 0.280 e. The summed E-state index contributed by atoms with van der Waals surface area (Å²) in [6.45, 7) is 2.55. The molecule has 4 aromatic rings. The summed E-state index contributed by atoms with van der Waals surface area (Å²) in [6, 6.07) is 16.8. The number of morpholine rings is 1. The number of halogens is 1. The number of amides is 2. The molecule has 37 heavy (non-hydrogen) atoms. The molecular weight excluding hydrogens is 477 g/mol. The quantitative estimate of drug-likeness (QED) is 0.386. The van der Waals surface area contributed by atoms with E-state index in [1.807, 2.05) is 17.0 Å². The molecule has 0 radical (unpaired) electrons. The first-order valence-electron chi connectivity index (χ1n) is 11.8. The van der Waals surface area contributed by atoms with Gasteiger partial charge >= 0.3 is 0 Å². The van der Waals surface area contributed by atoms with Gasteiger partial charge in [-0.05, 0) is 35.2 Å². The maximum Gasteiger partial charge on any atom is 0.280 e. The highest BCUT2D eigenvalue weighted by Gasteiger charge is 2.34. The van der Waals surface area contributed by atoms with Gasteiger partial charge in [0.25, 0.3) is 11.8 Å². The van der Waals surface area contributed by atoms with Crippen LogP contribution in [-0.4, -0.2) is 58.1 Å². The molecule has 1 aromatic heterocycles. The molecule has 0 saturated carbocycles. The third-order valence-corrected chi connectivity index (χ3v) is 6.26. The SMILES string of the molecule is O=C1c2cccc3cccc(c23)C(=O)N1Nc1nc(NCc2ccc(F)cc2)nc(N2CCOCC2)n1. The van der Waals surface area contributed by atoms with Crippen molar-refractivity contribution >= 4 is 40.4 Å². The van der Waals surface area contributed by atoms with Crippen LogP contribution in [0.2, 0.25) is 0 Å². The van der Waals surface area contributed by atoms with E-state index in [9.17, 15) is 14.0 Å². The Morgan fingerprint density at radius 2 is 1.49 bits per heavy atom. The lowest BCUT2D eigenvalue weighted by molar-refractivity contribution is 0.0647. The summed E-state index contributed by atoms with van der Waals surface area (Å²) in [6.07, 6.45) is 0. The number of ether oxygens (including phenoxy) is 1. The average molecular weight is 500 g/mol. The number of nitrogens with zero attached hydrogens (tertiary/aromatic N) is 5. The Balaban J connectivity index is 1.32. The molecule has 0 bridgehead atoms. The van der Waals surface area contributed by atoms with Crippen molar-refractivity contribution in [3.8, 4) is 0 Å². The van der Waals surface area contributed by atoms with Gasteiger partial charge in [-0.25, -0.2) is 4.39 Å². The number of aromatic nitrogens is 3. The van der Waals surface area contributed by atoms with Crippen LogP contribution < -0.4 is 15.6 Å². The Labute approximate surface area is 211 Å². The lowest BCUT2D eigenvalue weighted by Crippen LogP contribution is -2.45. The Kier molecular flexibility index (Phi) is 5.81. The summed E-state index contributed by atoms with van der Waals surface area (Å²) in [5.74, 6) is -0.666. The predicted octanol–water partition coefficient (Wildman–Crippen LogP) is 3.24. The van der Waals surface area contributed by atoms with Crippen molar-refractivity contribution in [2.75, 3.05) is 41.9 Å². The van der Waals surface area contributed by atoms with E-state index in [0.717, 1.165) is 16.0 Å². The minimum absolute atomic E-state index is 0.0337. The first-order chi connectivity index (χ1) is 18.1. The second kappa shape index (κ2) is 9.43. The molecule has 0 unspecified atom stereocenters. The second-order valence-electron chi connectivity index (χ2n) is 8.63. The summed E-state index contributed by atoms with van der Waals surface area (Å²) in [5.41, 5.74) is 4.47. The first kappa shape index (κ1) is 22.8. The van der Waals surface area contributed by atoms with Crippen molar-refractivity contribution in [1.29, 1.82) is 0 Å². The monoisotopic (exact) mass is 499 g/mol. The van der Waals surface area contributed by atoms with Gasteiger partial charge < -0.3 is 15.0 Å². The molecule has 3 aromatic carbocycles. The highest BCUT2D eigenvalue weighted by atomic mass is 19.1. The van der Waals surface area contributed by atoms with Gasteiger partial charge in [0.1, 0.15) is 5.82 Å². The molecule has 1 saturated heterocycles. The van der Waals surface area contributed by atoms with E-state index in [0.29, 0.717) is 55.3 Å². The van der Waals surface area contributed by atoms with Crippen LogP contribution in [0.25, 0.3) is 10.8 Å². The first-order valence-corrected chi connectivity index (χ1v) is 11.8. The summed E-state index contributed by atoms with van der Waals surface area (Å²) in [4.78, 5) is 42.0. The molecule has 0 atom stereocenters. The molecule has 2 N–H and O–H groups in total. The number of anilines is 3. The van der Waals surface area contributed by atoms with Crippen molar-refractivity contribution in [3.63, 3.8) is 0 Å². The van der Waals surface area contributed by atoms with E-state index in [-0.39, 0.29) is 17.7 Å². The number of hydrazine groups is 1. The molecule has 0 spiro atoms. The van der Waals surface area contributed by atoms with E-state index in [1.165, 1.54) is 12.1 Å². The fourth-order valence-corrected chi connectivity index (χ4v) is 4.41. The van der Waals surface area contributed by atoms with Crippen LogP contribution in [0.15, 0.2) is 60.7 Å². The minimum atomic E-state index is -0.497. The van der Waals surface area contributed by atoms with Crippen molar-refractivity contribution in [1.82, 2.24) is 20.0 Å². The van der Waals surface area contributed by atoms with Gasteiger partial charge in [0.2, 0.25) is 17.8 Å². The van der Waals surface area contributed by atoms with Gasteiger partial charge in [0.15, 0.2) is 0 Å². The Morgan fingerprint density at radius 3 is 2.16 bits per heavy atom. The van der Waals surface area contributed by atoms with Gasteiger partial charge in [-0.1, -0.05) is 36.4 Å². The van der Waals surface area contributed by atoms with Crippen molar-refractivity contribution in [3.05, 3.63) is 83.2 Å². The van der Waals surface area contributed by atoms with E-state index >= 15 is 0 Å². The molecule has 2 aliphatic heterocycles. The lowest BCUT2D eigenvalue weighted by Gasteiger charge is -2.29. The van der Waals surface area contributed by atoms with Crippen molar-refractivity contribution in [2.24, 2.45) is 0 Å². The number of imide groups is 1. The Morgan fingerprint density at radius 1 is 0.838 bits per heavy atom. The topological polar surface area (TPSA) is 113 Å². The molecular formula is C26H22FN7O3. The predicted molar refractivity (Wildman–Crippen MR) is 135 cm³/mol. The van der Waals surface area contributed by atoms with E-state index in [4.69, 9.17) is 4.74 Å². The standard InChI is InChI=1S/C26H22FN7O3/c27-18-9-7-16(8-10-18)15-28-24-29-25(31-26(30-24)33-11-13-37-14-12-33)32-34-22(35)19-5-1-3-17-4-2-6-20(21(17)19)23(34)36/h1-10H,11-15H2,(H2,28,29,30,31,32). The van der Waals surface area contributed by atoms with Crippen LogP contribution in [0, 0.1) is 5.82 Å². The third kappa shape index (κ3) is 4.40. The number of carbonyl (C=O) groups is 2. The van der Waals surface area contributed by atoms with E-state index in [1.54, 1.807) is 36.4 Å². The summed E-state index contributed by atoms with van der Waals surface area (Å²) in [5, 5.41) is 5.50. The number of benzene rings is 3. The number of hydrogen-bond acceptors (Lipinski definition) is 9. The van der Waals surface area contributed by atoms with E-state index in [2.05, 4.69) is 25.7 Å². The molecule has 2 amide bonds. The molecule has 1 fully saturated rings. The van der Waals surface area contributed by atoms with Crippen LogP contribution in [0.3, 0.4) is 0 Å². The normalized spacial score (nSPS) is 15.3. The zero-order chi connectivity index (χ0) is 25.4. The molecule has 3 heterocycles. The second-order valence-corrected chi connectivity index (χ2v) is 8.63. The van der Waals surface area contributed by atoms with Crippen LogP contribution in [-0.2, 0) is 11.3 Å². The minimum Gasteiger partial charge on any atom is -0.378 e. The van der Waals surface area contributed by atoms with Crippen LogP contribution >= 0.6 is 0 Å². The molecule has 0 aliphatic carbocycles. The van der Waals surface area contributed by atoms with Gasteiger partial charge in [0.05, 0.1) is 24.3 Å². The fraction of sp³-hybridized carbons (Fsp3) is 0.192. The molecule has 10 nitrogen and oxygen atoms in total. The number of nitrogens with one attached hydrogen (secondary N) is 2. The lowest BCUT2D eigenvalue weighted by atomic mass is 9.95.